The van der Waals surface area contributed by atoms with E-state index in [-0.39, 0.29) is 31.6 Å². The first-order chi connectivity index (χ1) is 9.67. The zero-order chi connectivity index (χ0) is 14.5. The van der Waals surface area contributed by atoms with Crippen LogP contribution in [-0.2, 0) is 16.1 Å². The lowest BCUT2D eigenvalue weighted by Gasteiger charge is -2.17. The molecule has 0 aliphatic carbocycles. The van der Waals surface area contributed by atoms with Crippen LogP contribution in [0.5, 0.6) is 0 Å². The van der Waals surface area contributed by atoms with Crippen LogP contribution in [0.3, 0.4) is 0 Å². The number of carbonyl (C=O) groups excluding carboxylic acids is 2. The van der Waals surface area contributed by atoms with Gasteiger partial charge in [0.2, 0.25) is 5.82 Å². The molecule has 0 bridgehead atoms. The fourth-order valence-electron chi connectivity index (χ4n) is 2.05. The van der Waals surface area contributed by atoms with Crippen molar-refractivity contribution < 1.29 is 19.4 Å². The number of ether oxygens (including phenoxy) is 1. The van der Waals surface area contributed by atoms with Crippen molar-refractivity contribution in [2.45, 2.75) is 12.6 Å². The summed E-state index contributed by atoms with van der Waals surface area (Å²) >= 11 is 0. The molecule has 1 heterocycles. The number of rotatable bonds is 3. The number of hydrogen-bond acceptors (Lipinski definition) is 5. The fourth-order valence-corrected chi connectivity index (χ4v) is 2.05. The van der Waals surface area contributed by atoms with Gasteiger partial charge in [0.25, 0.3) is 0 Å². The van der Waals surface area contributed by atoms with Crippen molar-refractivity contribution in [2.75, 3.05) is 20.2 Å². The number of amides is 1. The van der Waals surface area contributed by atoms with E-state index in [4.69, 9.17) is 4.74 Å². The molecule has 1 aromatic rings. The average molecular weight is 276 g/mol. The maximum absolute atomic E-state index is 12.0. The minimum Gasteiger partial charge on any atom is -0.444 e. The van der Waals surface area contributed by atoms with Crippen LogP contribution in [0.25, 0.3) is 0 Å². The molecule has 2 rings (SSSR count). The quantitative estimate of drug-likeness (QED) is 0.819. The molecular formula is C14H16N2O4. The second-order valence-electron chi connectivity index (χ2n) is 4.52. The van der Waals surface area contributed by atoms with Gasteiger partial charge in [0.05, 0.1) is 19.2 Å². The Kier molecular flexibility index (Phi) is 4.40. The van der Waals surface area contributed by atoms with Gasteiger partial charge in [-0.15, -0.1) is 0 Å². The predicted molar refractivity (Wildman–Crippen MR) is 71.2 cm³/mol. The summed E-state index contributed by atoms with van der Waals surface area (Å²) in [7, 11) is 1.63. The van der Waals surface area contributed by atoms with Crippen LogP contribution in [0.1, 0.15) is 5.56 Å². The number of likely N-dealkylation sites (N-methyl/N-ethyl adjacent to an activating group) is 1. The molecule has 1 aliphatic rings. The molecule has 6 nitrogen and oxygen atoms in total. The van der Waals surface area contributed by atoms with Crippen molar-refractivity contribution in [1.82, 2.24) is 9.80 Å². The van der Waals surface area contributed by atoms with E-state index in [2.05, 4.69) is 0 Å². The molecule has 1 saturated heterocycles. The van der Waals surface area contributed by atoms with E-state index in [1.165, 1.54) is 9.80 Å². The molecule has 1 aliphatic heterocycles. The molecule has 0 aromatic heterocycles. The maximum atomic E-state index is 12.0. The largest absolute Gasteiger partial charge is 0.444 e. The molecule has 0 spiro atoms. The van der Waals surface area contributed by atoms with E-state index in [9.17, 15) is 14.7 Å². The monoisotopic (exact) mass is 276 g/mol. The molecule has 0 radical (unpaired) electrons. The summed E-state index contributed by atoms with van der Waals surface area (Å²) in [5.41, 5.74) is 0.865. The molecule has 1 aromatic carbocycles. The van der Waals surface area contributed by atoms with E-state index >= 15 is 0 Å². The average Bonchev–Trinajstić information content (AvgIpc) is 2.82. The Balaban J connectivity index is 2.00. The van der Waals surface area contributed by atoms with Gasteiger partial charge in [-0.2, -0.15) is 0 Å². The molecular weight excluding hydrogens is 260 g/mol. The third-order valence-corrected chi connectivity index (χ3v) is 3.26. The number of benzene rings is 1. The van der Waals surface area contributed by atoms with Gasteiger partial charge in [0, 0.05) is 7.05 Å². The van der Waals surface area contributed by atoms with Crippen LogP contribution in [0.2, 0.25) is 0 Å². The Morgan fingerprint density at radius 2 is 2.15 bits per heavy atom. The van der Waals surface area contributed by atoms with E-state index < -0.39 is 6.09 Å². The minimum absolute atomic E-state index is 0.0853. The maximum Gasteiger partial charge on any atom is 0.416 e. The summed E-state index contributed by atoms with van der Waals surface area (Å²) in [6, 6.07) is 8.96. The van der Waals surface area contributed by atoms with Gasteiger partial charge in [-0.25, -0.2) is 9.59 Å². The molecule has 1 atom stereocenters. The number of carbonyl (C=O) groups is 1. The predicted octanol–water partition coefficient (Wildman–Crippen LogP) is 0.605. The lowest BCUT2D eigenvalue weighted by atomic mass is 10.2. The van der Waals surface area contributed by atoms with E-state index in [1.54, 1.807) is 13.0 Å². The van der Waals surface area contributed by atoms with E-state index in [0.717, 1.165) is 5.56 Å². The summed E-state index contributed by atoms with van der Waals surface area (Å²) < 4.78 is 5.16. The van der Waals surface area contributed by atoms with Gasteiger partial charge in [-0.1, -0.05) is 30.3 Å². The number of aliphatic hydroxyl groups excluding tert-OH is 1. The molecule has 1 amide bonds. The van der Waals surface area contributed by atoms with E-state index in [1.807, 2.05) is 30.3 Å². The Hall–Kier alpha value is -2.30. The van der Waals surface area contributed by atoms with Crippen LogP contribution in [0.4, 0.5) is 4.79 Å². The molecule has 0 saturated carbocycles. The van der Waals surface area contributed by atoms with Crippen molar-refractivity contribution in [3.8, 4) is 0 Å². The van der Waals surface area contributed by atoms with Gasteiger partial charge in [-0.3, -0.25) is 4.90 Å². The molecule has 6 heteroatoms. The molecule has 1 fully saturated rings. The van der Waals surface area contributed by atoms with Gasteiger partial charge < -0.3 is 14.7 Å². The Bertz CT molecular complexity index is 525. The molecule has 20 heavy (non-hydrogen) atoms. The highest BCUT2D eigenvalue weighted by Crippen LogP contribution is 2.21. The van der Waals surface area contributed by atoms with Crippen LogP contribution in [-0.4, -0.2) is 53.2 Å². The Morgan fingerprint density at radius 3 is 2.75 bits per heavy atom. The van der Waals surface area contributed by atoms with Crippen molar-refractivity contribution in [2.24, 2.45) is 0 Å². The first-order valence-corrected chi connectivity index (χ1v) is 6.24. The highest BCUT2D eigenvalue weighted by atomic mass is 16.6. The summed E-state index contributed by atoms with van der Waals surface area (Å²) in [6.07, 6.45) is -0.616. The standard InChI is InChI=1S/C14H16N2O4/c1-15-12(8-17)7-16(13(15)9-18)14(19)20-10-11-5-3-2-4-6-11/h2-6,12,17H,7-8,10H2,1H3. The summed E-state index contributed by atoms with van der Waals surface area (Å²) in [5.74, 6) is 1.80. The third kappa shape index (κ3) is 2.82. The minimum atomic E-state index is -0.616. The molecule has 1 N–H and O–H groups in total. The Labute approximate surface area is 116 Å². The zero-order valence-electron chi connectivity index (χ0n) is 11.2. The van der Waals surface area contributed by atoms with Crippen molar-refractivity contribution in [3.63, 3.8) is 0 Å². The van der Waals surface area contributed by atoms with Gasteiger partial charge in [-0.05, 0) is 5.56 Å². The smallest absolute Gasteiger partial charge is 0.416 e. The second-order valence-corrected chi connectivity index (χ2v) is 4.52. The topological polar surface area (TPSA) is 70.1 Å². The van der Waals surface area contributed by atoms with Crippen LogP contribution < -0.4 is 0 Å². The SMILES string of the molecule is CN1C(=C=O)N(C(=O)OCc2ccccc2)CC1CO. The fraction of sp³-hybridized carbons (Fsp3) is 0.357. The molecule has 106 valence electrons. The molecule has 1 unspecified atom stereocenters. The highest BCUT2D eigenvalue weighted by Gasteiger charge is 2.36. The highest BCUT2D eigenvalue weighted by molar-refractivity contribution is 5.74. The number of hydrogen-bond donors (Lipinski definition) is 1. The number of aliphatic hydroxyl groups is 1. The normalized spacial score (nSPS) is 18.1. The lowest BCUT2D eigenvalue weighted by Crippen LogP contribution is -2.30. The first-order valence-electron chi connectivity index (χ1n) is 6.24. The first kappa shape index (κ1) is 14.1. The Morgan fingerprint density at radius 1 is 1.45 bits per heavy atom. The van der Waals surface area contributed by atoms with Crippen LogP contribution >= 0.6 is 0 Å². The third-order valence-electron chi connectivity index (χ3n) is 3.26. The van der Waals surface area contributed by atoms with Crippen molar-refractivity contribution in [3.05, 3.63) is 41.7 Å². The number of nitrogens with zero attached hydrogens (tertiary/aromatic N) is 2. The van der Waals surface area contributed by atoms with Gasteiger partial charge >= 0.3 is 6.09 Å². The van der Waals surface area contributed by atoms with E-state index in [0.29, 0.717) is 0 Å². The van der Waals surface area contributed by atoms with Crippen LogP contribution in [0, 0.1) is 0 Å². The van der Waals surface area contributed by atoms with Crippen molar-refractivity contribution in [1.29, 1.82) is 0 Å². The second kappa shape index (κ2) is 6.23. The van der Waals surface area contributed by atoms with Crippen molar-refractivity contribution >= 4 is 12.0 Å². The summed E-state index contributed by atoms with van der Waals surface area (Å²) in [4.78, 5) is 25.6. The van der Waals surface area contributed by atoms with Crippen LogP contribution in [0.15, 0.2) is 36.2 Å². The summed E-state index contributed by atoms with van der Waals surface area (Å²) in [6.45, 7) is 0.200. The summed E-state index contributed by atoms with van der Waals surface area (Å²) in [5, 5.41) is 9.19. The van der Waals surface area contributed by atoms with Gasteiger partial charge in [0.1, 0.15) is 6.61 Å². The van der Waals surface area contributed by atoms with Gasteiger partial charge in [0.15, 0.2) is 5.94 Å². The lowest BCUT2D eigenvalue weighted by molar-refractivity contribution is 0.110. The zero-order valence-corrected chi connectivity index (χ0v) is 11.2.